The van der Waals surface area contributed by atoms with Gasteiger partial charge in [0.1, 0.15) is 0 Å². The van der Waals surface area contributed by atoms with Crippen LogP contribution in [0.15, 0.2) is 0 Å². The molecule has 0 aliphatic heterocycles. The SMILES string of the molecule is [CH2]C(C)C.[PbH2]. The maximum absolute atomic E-state index is 3.64. The van der Waals surface area contributed by atoms with Crippen LogP contribution in [0.1, 0.15) is 13.8 Å². The molecule has 0 bridgehead atoms. The fourth-order valence-corrected chi connectivity index (χ4v) is 0. The van der Waals surface area contributed by atoms with Crippen LogP contribution in [0.5, 0.6) is 0 Å². The molecule has 0 unspecified atom stereocenters. The summed E-state index contributed by atoms with van der Waals surface area (Å²) in [6, 6.07) is 0. The summed E-state index contributed by atoms with van der Waals surface area (Å²) in [5.74, 6) is 0.583. The minimum atomic E-state index is 0. The van der Waals surface area contributed by atoms with Crippen LogP contribution in [-0.2, 0) is 0 Å². The van der Waals surface area contributed by atoms with Crippen LogP contribution in [0.25, 0.3) is 0 Å². The maximum atomic E-state index is 3.64. The first kappa shape index (κ1) is 9.33. The van der Waals surface area contributed by atoms with E-state index in [2.05, 4.69) is 20.8 Å². The molecule has 5 heavy (non-hydrogen) atoms. The summed E-state index contributed by atoms with van der Waals surface area (Å²) in [4.78, 5) is 0. The Balaban J connectivity index is 0. The van der Waals surface area contributed by atoms with Gasteiger partial charge >= 0.3 is 27.3 Å². The van der Waals surface area contributed by atoms with E-state index in [0.29, 0.717) is 5.92 Å². The van der Waals surface area contributed by atoms with E-state index in [1.807, 2.05) is 0 Å². The van der Waals surface area contributed by atoms with E-state index >= 15 is 0 Å². The molecule has 31 valence electrons. The fourth-order valence-electron chi connectivity index (χ4n) is 0. The normalized spacial score (nSPS) is 7.20. The third-order valence-electron chi connectivity index (χ3n) is 0. The molecule has 0 atom stereocenters. The standard InChI is InChI=1S/C4H9.Pb.2H/c1-4(2)3;;;/h4H,1H2,2-3H3;;;. The van der Waals surface area contributed by atoms with Crippen LogP contribution in [0.2, 0.25) is 0 Å². The summed E-state index contributed by atoms with van der Waals surface area (Å²) in [7, 11) is 0. The Bertz CT molecular complexity index is 8.36. The van der Waals surface area contributed by atoms with Crippen molar-refractivity contribution in [2.24, 2.45) is 5.92 Å². The van der Waals surface area contributed by atoms with Gasteiger partial charge in [-0.1, -0.05) is 20.8 Å². The van der Waals surface area contributed by atoms with Crippen molar-refractivity contribution < 1.29 is 0 Å². The molecule has 0 aliphatic rings. The number of hydrogen-bond acceptors (Lipinski definition) is 0. The van der Waals surface area contributed by atoms with Crippen LogP contribution in [0, 0.1) is 12.8 Å². The average Bonchev–Trinajstić information content (AvgIpc) is 0.811. The van der Waals surface area contributed by atoms with E-state index in [9.17, 15) is 0 Å². The van der Waals surface area contributed by atoms with Crippen molar-refractivity contribution in [3.8, 4) is 0 Å². The summed E-state index contributed by atoms with van der Waals surface area (Å²) in [6.45, 7) is 7.75. The molecule has 1 heteroatoms. The molecule has 0 aliphatic carbocycles. The number of hydrogen-bond donors (Lipinski definition) is 0. The third-order valence-corrected chi connectivity index (χ3v) is 0. The predicted molar refractivity (Wildman–Crippen MR) is 28.7 cm³/mol. The molecule has 0 N–H and O–H groups in total. The van der Waals surface area contributed by atoms with Crippen molar-refractivity contribution in [2.75, 3.05) is 0 Å². The van der Waals surface area contributed by atoms with E-state index in [1.165, 1.54) is 0 Å². The second-order valence-corrected chi connectivity index (χ2v) is 1.39. The minimum absolute atomic E-state index is 0. The van der Waals surface area contributed by atoms with Crippen molar-refractivity contribution in [2.45, 2.75) is 13.8 Å². The van der Waals surface area contributed by atoms with Gasteiger partial charge in [0.2, 0.25) is 0 Å². The summed E-state index contributed by atoms with van der Waals surface area (Å²) >= 11 is 0. The van der Waals surface area contributed by atoms with Gasteiger partial charge in [-0.2, -0.15) is 0 Å². The van der Waals surface area contributed by atoms with Gasteiger partial charge in [0.15, 0.2) is 0 Å². The zero-order chi connectivity index (χ0) is 3.58. The van der Waals surface area contributed by atoms with Gasteiger partial charge in [-0.25, -0.2) is 0 Å². The molecular weight excluding hydrogens is 255 g/mol. The summed E-state index contributed by atoms with van der Waals surface area (Å²) in [5.41, 5.74) is 0. The molecule has 0 fully saturated rings. The molecule has 0 spiro atoms. The van der Waals surface area contributed by atoms with E-state index in [0.717, 1.165) is 0 Å². The molecule has 0 rings (SSSR count). The Labute approximate surface area is 54.1 Å². The zero-order valence-corrected chi connectivity index (χ0v) is 9.49. The summed E-state index contributed by atoms with van der Waals surface area (Å²) in [6.07, 6.45) is 0. The van der Waals surface area contributed by atoms with Gasteiger partial charge in [-0.05, 0) is 5.92 Å². The van der Waals surface area contributed by atoms with Crippen LogP contribution >= 0.6 is 0 Å². The summed E-state index contributed by atoms with van der Waals surface area (Å²) < 4.78 is 0. The van der Waals surface area contributed by atoms with Crippen molar-refractivity contribution in [1.82, 2.24) is 0 Å². The predicted octanol–water partition coefficient (Wildman–Crippen LogP) is 0.560. The fraction of sp³-hybridized carbons (Fsp3) is 0.750. The molecular formula is C4H11Pb. The zero-order valence-electron chi connectivity index (χ0n) is 3.99. The van der Waals surface area contributed by atoms with Gasteiger partial charge in [-0.15, -0.1) is 0 Å². The Morgan fingerprint density at radius 2 is 1.40 bits per heavy atom. The van der Waals surface area contributed by atoms with Crippen molar-refractivity contribution in [3.63, 3.8) is 0 Å². The number of rotatable bonds is 0. The first-order valence-electron chi connectivity index (χ1n) is 1.56. The monoisotopic (exact) mass is 267 g/mol. The molecule has 0 heterocycles. The Morgan fingerprint density at radius 1 is 1.40 bits per heavy atom. The van der Waals surface area contributed by atoms with Crippen LogP contribution in [0.3, 0.4) is 0 Å². The molecule has 0 aromatic carbocycles. The second kappa shape index (κ2) is 4.92. The molecule has 0 amide bonds. The van der Waals surface area contributed by atoms with Crippen molar-refractivity contribution in [3.05, 3.63) is 6.92 Å². The second-order valence-electron chi connectivity index (χ2n) is 1.39. The molecule has 0 saturated carbocycles. The van der Waals surface area contributed by atoms with E-state index < -0.39 is 0 Å². The molecule has 0 aromatic rings. The van der Waals surface area contributed by atoms with E-state index in [-0.39, 0.29) is 27.3 Å². The van der Waals surface area contributed by atoms with Gasteiger partial charge < -0.3 is 0 Å². The van der Waals surface area contributed by atoms with Gasteiger partial charge in [-0.3, -0.25) is 0 Å². The van der Waals surface area contributed by atoms with E-state index in [1.54, 1.807) is 0 Å². The van der Waals surface area contributed by atoms with Crippen LogP contribution in [-0.4, -0.2) is 27.3 Å². The first-order chi connectivity index (χ1) is 1.73. The average molecular weight is 266 g/mol. The topological polar surface area (TPSA) is 0 Å². The van der Waals surface area contributed by atoms with Crippen LogP contribution in [0.4, 0.5) is 0 Å². The molecule has 0 saturated heterocycles. The Hall–Kier alpha value is 0.922. The Morgan fingerprint density at radius 3 is 1.40 bits per heavy atom. The van der Waals surface area contributed by atoms with Crippen molar-refractivity contribution >= 4 is 27.3 Å². The Kier molecular flexibility index (Phi) is 9.18. The van der Waals surface area contributed by atoms with Crippen molar-refractivity contribution in [1.29, 1.82) is 0 Å². The van der Waals surface area contributed by atoms with E-state index in [4.69, 9.17) is 0 Å². The molecule has 0 nitrogen and oxygen atoms in total. The molecule has 3 radical (unpaired) electrons. The molecule has 0 aromatic heterocycles. The summed E-state index contributed by atoms with van der Waals surface area (Å²) in [5, 5.41) is 0. The first-order valence-corrected chi connectivity index (χ1v) is 1.56. The van der Waals surface area contributed by atoms with Gasteiger partial charge in [0.25, 0.3) is 0 Å². The quantitative estimate of drug-likeness (QED) is 0.562. The van der Waals surface area contributed by atoms with Crippen LogP contribution < -0.4 is 0 Å². The third kappa shape index (κ3) is 49.4. The van der Waals surface area contributed by atoms with Gasteiger partial charge in [0.05, 0.1) is 0 Å². The van der Waals surface area contributed by atoms with Gasteiger partial charge in [0, 0.05) is 0 Å².